The van der Waals surface area contributed by atoms with Crippen LogP contribution in [-0.2, 0) is 20.3 Å². The van der Waals surface area contributed by atoms with Gasteiger partial charge in [-0.2, -0.15) is 0 Å². The van der Waals surface area contributed by atoms with Gasteiger partial charge in [-0.15, -0.1) is 16.4 Å². The standard InChI is InChI=1S/C17H16ClN5OS2/c1-20(9-11-7-8-14(18)26-11)10-22-17(25)23-13-6-4-3-5-12(13)15(24)21(2)16(23)19-22/h3-8H,9-10H2,1-2H3. The van der Waals surface area contributed by atoms with Gasteiger partial charge in [0.2, 0.25) is 10.5 Å². The van der Waals surface area contributed by atoms with E-state index in [2.05, 4.69) is 10.00 Å². The number of rotatable bonds is 4. The summed E-state index contributed by atoms with van der Waals surface area (Å²) in [6, 6.07) is 11.4. The molecule has 0 saturated heterocycles. The lowest BCUT2D eigenvalue weighted by Crippen LogP contribution is -2.22. The number of hydrogen-bond donors (Lipinski definition) is 0. The molecule has 0 atom stereocenters. The normalized spacial score (nSPS) is 11.8. The van der Waals surface area contributed by atoms with Crippen LogP contribution in [0, 0.1) is 4.77 Å². The monoisotopic (exact) mass is 405 g/mol. The van der Waals surface area contributed by atoms with Gasteiger partial charge in [0, 0.05) is 18.5 Å². The van der Waals surface area contributed by atoms with E-state index in [9.17, 15) is 4.79 Å². The Kier molecular flexibility index (Phi) is 4.44. The first kappa shape index (κ1) is 17.4. The molecule has 0 saturated carbocycles. The molecule has 26 heavy (non-hydrogen) atoms. The van der Waals surface area contributed by atoms with Crippen molar-refractivity contribution < 1.29 is 0 Å². The molecule has 134 valence electrons. The summed E-state index contributed by atoms with van der Waals surface area (Å²) in [5.41, 5.74) is 0.691. The summed E-state index contributed by atoms with van der Waals surface area (Å²) in [5, 5.41) is 5.21. The third kappa shape index (κ3) is 2.88. The maximum Gasteiger partial charge on any atom is 0.262 e. The first-order chi connectivity index (χ1) is 12.5. The van der Waals surface area contributed by atoms with Crippen LogP contribution in [0.2, 0.25) is 4.34 Å². The molecule has 3 heterocycles. The molecule has 0 fully saturated rings. The molecular weight excluding hydrogens is 390 g/mol. The highest BCUT2D eigenvalue weighted by Gasteiger charge is 2.14. The predicted octanol–water partition coefficient (Wildman–Crippen LogP) is 3.52. The second-order valence-corrected chi connectivity index (χ2v) is 8.33. The minimum absolute atomic E-state index is 0.0816. The van der Waals surface area contributed by atoms with Crippen molar-refractivity contribution in [2.75, 3.05) is 7.05 Å². The highest BCUT2D eigenvalue weighted by molar-refractivity contribution is 7.71. The lowest BCUT2D eigenvalue weighted by atomic mass is 10.2. The highest BCUT2D eigenvalue weighted by Crippen LogP contribution is 2.22. The van der Waals surface area contributed by atoms with Crippen LogP contribution in [0.15, 0.2) is 41.2 Å². The van der Waals surface area contributed by atoms with Crippen molar-refractivity contribution in [3.63, 3.8) is 0 Å². The van der Waals surface area contributed by atoms with E-state index in [1.165, 1.54) is 9.44 Å². The molecule has 4 rings (SSSR count). The number of aryl methyl sites for hydroxylation is 1. The first-order valence-electron chi connectivity index (χ1n) is 7.96. The van der Waals surface area contributed by atoms with Gasteiger partial charge in [-0.3, -0.25) is 18.7 Å². The van der Waals surface area contributed by atoms with E-state index in [-0.39, 0.29) is 5.56 Å². The Bertz CT molecular complexity index is 1240. The summed E-state index contributed by atoms with van der Waals surface area (Å²) in [6.45, 7) is 1.26. The van der Waals surface area contributed by atoms with Crippen molar-refractivity contribution in [3.05, 3.63) is 60.7 Å². The van der Waals surface area contributed by atoms with Crippen LogP contribution in [0.4, 0.5) is 0 Å². The lowest BCUT2D eigenvalue weighted by molar-refractivity contribution is 0.246. The van der Waals surface area contributed by atoms with Crippen LogP contribution in [0.25, 0.3) is 16.7 Å². The molecule has 3 aromatic heterocycles. The van der Waals surface area contributed by atoms with E-state index in [1.54, 1.807) is 23.1 Å². The zero-order valence-corrected chi connectivity index (χ0v) is 16.6. The maximum absolute atomic E-state index is 12.6. The van der Waals surface area contributed by atoms with E-state index in [0.29, 0.717) is 22.6 Å². The van der Waals surface area contributed by atoms with Gasteiger partial charge in [0.05, 0.1) is 21.9 Å². The van der Waals surface area contributed by atoms with Crippen molar-refractivity contribution >= 4 is 51.8 Å². The predicted molar refractivity (Wildman–Crippen MR) is 108 cm³/mol. The number of hydrogen-bond acceptors (Lipinski definition) is 5. The van der Waals surface area contributed by atoms with Gasteiger partial charge < -0.3 is 0 Å². The van der Waals surface area contributed by atoms with E-state index in [1.807, 2.05) is 47.8 Å². The molecule has 0 amide bonds. The molecule has 9 heteroatoms. The molecule has 6 nitrogen and oxygen atoms in total. The Balaban J connectivity index is 1.78. The van der Waals surface area contributed by atoms with Gasteiger partial charge in [0.15, 0.2) is 0 Å². The topological polar surface area (TPSA) is 47.5 Å². The molecule has 0 aliphatic heterocycles. The van der Waals surface area contributed by atoms with Crippen LogP contribution in [-0.4, -0.2) is 30.7 Å². The quantitative estimate of drug-likeness (QED) is 0.487. The summed E-state index contributed by atoms with van der Waals surface area (Å²) in [4.78, 5) is 15.8. The van der Waals surface area contributed by atoms with Crippen LogP contribution in [0.5, 0.6) is 0 Å². The van der Waals surface area contributed by atoms with Gasteiger partial charge in [0.1, 0.15) is 0 Å². The number of fused-ring (bicyclic) bond motifs is 3. The molecule has 0 aliphatic rings. The zero-order valence-electron chi connectivity index (χ0n) is 14.2. The largest absolute Gasteiger partial charge is 0.282 e. The Morgan fingerprint density at radius 3 is 2.77 bits per heavy atom. The number of aromatic nitrogens is 4. The molecule has 0 N–H and O–H groups in total. The van der Waals surface area contributed by atoms with Gasteiger partial charge in [0.25, 0.3) is 5.56 Å². The Labute approximate surface area is 163 Å². The van der Waals surface area contributed by atoms with Crippen molar-refractivity contribution in [3.8, 4) is 0 Å². The second-order valence-electron chi connectivity index (χ2n) is 6.16. The van der Waals surface area contributed by atoms with E-state index in [4.69, 9.17) is 23.8 Å². The van der Waals surface area contributed by atoms with Gasteiger partial charge in [-0.05, 0) is 43.5 Å². The summed E-state index contributed by atoms with van der Waals surface area (Å²) in [7, 11) is 3.71. The number of halogens is 1. The van der Waals surface area contributed by atoms with E-state index >= 15 is 0 Å². The fraction of sp³-hybridized carbons (Fsp3) is 0.235. The number of thiophene rings is 1. The number of nitrogens with zero attached hydrogens (tertiary/aromatic N) is 5. The molecule has 0 aliphatic carbocycles. The van der Waals surface area contributed by atoms with E-state index < -0.39 is 0 Å². The smallest absolute Gasteiger partial charge is 0.262 e. The van der Waals surface area contributed by atoms with Crippen LogP contribution >= 0.6 is 35.2 Å². The third-order valence-corrected chi connectivity index (χ3v) is 5.84. The minimum Gasteiger partial charge on any atom is -0.282 e. The Morgan fingerprint density at radius 1 is 1.27 bits per heavy atom. The van der Waals surface area contributed by atoms with Crippen LogP contribution < -0.4 is 5.56 Å². The van der Waals surface area contributed by atoms with Crippen molar-refractivity contribution in [2.24, 2.45) is 7.05 Å². The molecule has 0 unspecified atom stereocenters. The third-order valence-electron chi connectivity index (χ3n) is 4.23. The van der Waals surface area contributed by atoms with Gasteiger partial charge in [-0.1, -0.05) is 23.7 Å². The molecule has 4 aromatic rings. The van der Waals surface area contributed by atoms with Crippen molar-refractivity contribution in [1.29, 1.82) is 0 Å². The summed E-state index contributed by atoms with van der Waals surface area (Å²) >= 11 is 13.2. The Morgan fingerprint density at radius 2 is 2.04 bits per heavy atom. The number of benzene rings is 1. The van der Waals surface area contributed by atoms with Gasteiger partial charge >= 0.3 is 0 Å². The summed E-state index contributed by atoms with van der Waals surface area (Å²) < 4.78 is 6.46. The highest BCUT2D eigenvalue weighted by atomic mass is 35.5. The summed E-state index contributed by atoms with van der Waals surface area (Å²) in [6.07, 6.45) is 0. The maximum atomic E-state index is 12.6. The molecule has 0 spiro atoms. The molecule has 0 bridgehead atoms. The average molecular weight is 406 g/mol. The Hall–Kier alpha value is -2.00. The molecular formula is C17H16ClN5OS2. The minimum atomic E-state index is -0.0816. The van der Waals surface area contributed by atoms with Gasteiger partial charge in [-0.25, -0.2) is 4.68 Å². The van der Waals surface area contributed by atoms with Crippen LogP contribution in [0.3, 0.4) is 0 Å². The SMILES string of the molecule is CN(Cc1ccc(Cl)s1)Cn1nc2n(C)c(=O)c3ccccc3n2c1=S. The molecule has 0 radical (unpaired) electrons. The lowest BCUT2D eigenvalue weighted by Gasteiger charge is -2.14. The zero-order chi connectivity index (χ0) is 18.4. The van der Waals surface area contributed by atoms with E-state index in [0.717, 1.165) is 16.4 Å². The first-order valence-corrected chi connectivity index (χ1v) is 9.56. The number of para-hydroxylation sites is 1. The fourth-order valence-electron chi connectivity index (χ4n) is 3.02. The summed E-state index contributed by atoms with van der Waals surface area (Å²) in [5.74, 6) is 0.534. The fourth-order valence-corrected chi connectivity index (χ4v) is 4.47. The molecule has 1 aromatic carbocycles. The average Bonchev–Trinajstić information content (AvgIpc) is 3.16. The van der Waals surface area contributed by atoms with Crippen LogP contribution in [0.1, 0.15) is 4.88 Å². The van der Waals surface area contributed by atoms with Crippen molar-refractivity contribution in [1.82, 2.24) is 23.6 Å². The second kappa shape index (κ2) is 6.62. The van der Waals surface area contributed by atoms with Crippen molar-refractivity contribution in [2.45, 2.75) is 13.2 Å².